The van der Waals surface area contributed by atoms with Crippen LogP contribution in [0.2, 0.25) is 0 Å². The molecule has 1 fully saturated rings. The van der Waals surface area contributed by atoms with Gasteiger partial charge in [-0.15, -0.1) is 0 Å². The fourth-order valence-corrected chi connectivity index (χ4v) is 3.57. The Balaban J connectivity index is 1.50. The summed E-state index contributed by atoms with van der Waals surface area (Å²) in [5, 5.41) is 2.70. The van der Waals surface area contributed by atoms with Gasteiger partial charge in [0, 0.05) is 37.3 Å². The third-order valence-electron chi connectivity index (χ3n) is 5.12. The van der Waals surface area contributed by atoms with Gasteiger partial charge in [-0.25, -0.2) is 0 Å². The van der Waals surface area contributed by atoms with E-state index in [1.165, 1.54) is 0 Å². The van der Waals surface area contributed by atoms with E-state index in [1.54, 1.807) is 53.3 Å². The minimum Gasteiger partial charge on any atom is -0.497 e. The SMILES string of the molecule is COc1cccc(C(=O)N2CCN(C(=O)CNC(=O)c3cc(C)cc(C)c3)CC2)c1. The van der Waals surface area contributed by atoms with Crippen molar-refractivity contribution in [3.63, 3.8) is 0 Å². The summed E-state index contributed by atoms with van der Waals surface area (Å²) in [5.74, 6) is 0.140. The van der Waals surface area contributed by atoms with Crippen molar-refractivity contribution in [2.45, 2.75) is 13.8 Å². The van der Waals surface area contributed by atoms with Gasteiger partial charge in [0.05, 0.1) is 13.7 Å². The summed E-state index contributed by atoms with van der Waals surface area (Å²) >= 11 is 0. The number of nitrogens with one attached hydrogen (secondary N) is 1. The molecule has 0 unspecified atom stereocenters. The number of nitrogens with zero attached hydrogens (tertiary/aromatic N) is 2. The predicted octanol–water partition coefficient (Wildman–Crippen LogP) is 2.03. The largest absolute Gasteiger partial charge is 0.497 e. The Kier molecular flexibility index (Phi) is 6.72. The summed E-state index contributed by atoms with van der Waals surface area (Å²) in [7, 11) is 1.56. The van der Waals surface area contributed by atoms with Crippen LogP contribution in [-0.2, 0) is 4.79 Å². The number of piperazine rings is 1. The second-order valence-corrected chi connectivity index (χ2v) is 7.46. The van der Waals surface area contributed by atoms with E-state index < -0.39 is 0 Å². The van der Waals surface area contributed by atoms with E-state index in [0.29, 0.717) is 43.1 Å². The number of carbonyl (C=O) groups is 3. The molecular weight excluding hydrogens is 382 g/mol. The Labute approximate surface area is 176 Å². The summed E-state index contributed by atoms with van der Waals surface area (Å²) in [6, 6.07) is 12.6. The number of aryl methyl sites for hydroxylation is 2. The van der Waals surface area contributed by atoms with Crippen LogP contribution in [0.5, 0.6) is 5.75 Å². The summed E-state index contributed by atoms with van der Waals surface area (Å²) in [4.78, 5) is 40.9. The van der Waals surface area contributed by atoms with E-state index in [0.717, 1.165) is 11.1 Å². The Morgan fingerprint density at radius 2 is 1.53 bits per heavy atom. The number of benzene rings is 2. The lowest BCUT2D eigenvalue weighted by Crippen LogP contribution is -2.52. The molecule has 1 saturated heterocycles. The number of carbonyl (C=O) groups excluding carboxylic acids is 3. The number of hydrogen-bond donors (Lipinski definition) is 1. The molecule has 3 amide bonds. The third kappa shape index (κ3) is 5.17. The highest BCUT2D eigenvalue weighted by Crippen LogP contribution is 2.15. The van der Waals surface area contributed by atoms with Crippen LogP contribution in [0.25, 0.3) is 0 Å². The monoisotopic (exact) mass is 409 g/mol. The lowest BCUT2D eigenvalue weighted by Gasteiger charge is -2.35. The van der Waals surface area contributed by atoms with Gasteiger partial charge in [-0.3, -0.25) is 14.4 Å². The van der Waals surface area contributed by atoms with Crippen LogP contribution in [0.3, 0.4) is 0 Å². The highest BCUT2D eigenvalue weighted by molar-refractivity contribution is 5.97. The molecule has 0 aliphatic carbocycles. The van der Waals surface area contributed by atoms with Gasteiger partial charge in [-0.05, 0) is 44.2 Å². The molecule has 0 spiro atoms. The average molecular weight is 409 g/mol. The molecule has 7 heteroatoms. The maximum Gasteiger partial charge on any atom is 0.254 e. The first-order valence-corrected chi connectivity index (χ1v) is 9.95. The van der Waals surface area contributed by atoms with Crippen molar-refractivity contribution in [1.29, 1.82) is 0 Å². The molecular formula is C23H27N3O4. The molecule has 0 aromatic heterocycles. The minimum atomic E-state index is -0.262. The van der Waals surface area contributed by atoms with E-state index in [1.807, 2.05) is 19.9 Å². The molecule has 2 aromatic rings. The van der Waals surface area contributed by atoms with Gasteiger partial charge in [-0.2, -0.15) is 0 Å². The second-order valence-electron chi connectivity index (χ2n) is 7.46. The lowest BCUT2D eigenvalue weighted by molar-refractivity contribution is -0.131. The molecule has 158 valence electrons. The number of hydrogen-bond acceptors (Lipinski definition) is 4. The third-order valence-corrected chi connectivity index (χ3v) is 5.12. The van der Waals surface area contributed by atoms with Crippen LogP contribution in [0.4, 0.5) is 0 Å². The first-order chi connectivity index (χ1) is 14.4. The van der Waals surface area contributed by atoms with Crippen molar-refractivity contribution < 1.29 is 19.1 Å². The first kappa shape index (κ1) is 21.4. The van der Waals surface area contributed by atoms with Gasteiger partial charge in [0.15, 0.2) is 0 Å². The van der Waals surface area contributed by atoms with E-state index in [2.05, 4.69) is 5.32 Å². The maximum atomic E-state index is 12.7. The molecule has 0 atom stereocenters. The van der Waals surface area contributed by atoms with Crippen LogP contribution in [0, 0.1) is 13.8 Å². The molecule has 30 heavy (non-hydrogen) atoms. The van der Waals surface area contributed by atoms with Crippen LogP contribution in [-0.4, -0.2) is 67.4 Å². The Bertz CT molecular complexity index is 929. The number of amides is 3. The van der Waals surface area contributed by atoms with Crippen molar-refractivity contribution >= 4 is 17.7 Å². The number of ether oxygens (including phenoxy) is 1. The lowest BCUT2D eigenvalue weighted by atomic mass is 10.1. The molecule has 1 heterocycles. The molecule has 1 aliphatic heterocycles. The van der Waals surface area contributed by atoms with Crippen molar-refractivity contribution in [3.05, 3.63) is 64.7 Å². The molecule has 2 aromatic carbocycles. The quantitative estimate of drug-likeness (QED) is 0.820. The number of rotatable bonds is 5. The van der Waals surface area contributed by atoms with Gasteiger partial charge < -0.3 is 19.9 Å². The molecule has 1 aliphatic rings. The molecule has 0 bridgehead atoms. The fourth-order valence-electron chi connectivity index (χ4n) is 3.57. The van der Waals surface area contributed by atoms with Gasteiger partial charge in [-0.1, -0.05) is 23.3 Å². The molecule has 1 N–H and O–H groups in total. The van der Waals surface area contributed by atoms with E-state index in [-0.39, 0.29) is 24.3 Å². The van der Waals surface area contributed by atoms with Crippen LogP contribution >= 0.6 is 0 Å². The second kappa shape index (κ2) is 9.43. The zero-order valence-corrected chi connectivity index (χ0v) is 17.6. The highest BCUT2D eigenvalue weighted by Gasteiger charge is 2.25. The van der Waals surface area contributed by atoms with E-state index in [9.17, 15) is 14.4 Å². The van der Waals surface area contributed by atoms with Gasteiger partial charge in [0.2, 0.25) is 5.91 Å². The van der Waals surface area contributed by atoms with E-state index >= 15 is 0 Å². The Morgan fingerprint density at radius 3 is 2.17 bits per heavy atom. The molecule has 3 rings (SSSR count). The van der Waals surface area contributed by atoms with Crippen LogP contribution < -0.4 is 10.1 Å². The standard InChI is InChI=1S/C23H27N3O4/c1-16-11-17(2)13-19(12-16)22(28)24-15-21(27)25-7-9-26(10-8-25)23(29)18-5-4-6-20(14-18)30-3/h4-6,11-14H,7-10,15H2,1-3H3,(H,24,28). The summed E-state index contributed by atoms with van der Waals surface area (Å²) in [5.41, 5.74) is 3.12. The van der Waals surface area contributed by atoms with Crippen LogP contribution in [0.1, 0.15) is 31.8 Å². The van der Waals surface area contributed by atoms with Crippen molar-refractivity contribution in [2.75, 3.05) is 39.8 Å². The summed E-state index contributed by atoms with van der Waals surface area (Å²) in [6.45, 7) is 5.58. The van der Waals surface area contributed by atoms with Gasteiger partial charge in [0.25, 0.3) is 11.8 Å². The minimum absolute atomic E-state index is 0.0599. The zero-order chi connectivity index (χ0) is 21.7. The van der Waals surface area contributed by atoms with Crippen molar-refractivity contribution in [2.24, 2.45) is 0 Å². The van der Waals surface area contributed by atoms with Crippen molar-refractivity contribution in [3.8, 4) is 5.75 Å². The highest BCUT2D eigenvalue weighted by atomic mass is 16.5. The Hall–Kier alpha value is -3.35. The molecule has 7 nitrogen and oxygen atoms in total. The zero-order valence-electron chi connectivity index (χ0n) is 17.6. The normalized spacial score (nSPS) is 13.7. The van der Waals surface area contributed by atoms with Gasteiger partial charge in [0.1, 0.15) is 5.75 Å². The summed E-state index contributed by atoms with van der Waals surface area (Å²) in [6.07, 6.45) is 0. The molecule has 0 radical (unpaired) electrons. The summed E-state index contributed by atoms with van der Waals surface area (Å²) < 4.78 is 5.17. The van der Waals surface area contributed by atoms with Gasteiger partial charge >= 0.3 is 0 Å². The maximum absolute atomic E-state index is 12.7. The Morgan fingerprint density at radius 1 is 0.900 bits per heavy atom. The predicted molar refractivity (Wildman–Crippen MR) is 114 cm³/mol. The van der Waals surface area contributed by atoms with Crippen LogP contribution in [0.15, 0.2) is 42.5 Å². The smallest absolute Gasteiger partial charge is 0.254 e. The molecule has 0 saturated carbocycles. The van der Waals surface area contributed by atoms with Crippen molar-refractivity contribution in [1.82, 2.24) is 15.1 Å². The fraction of sp³-hybridized carbons (Fsp3) is 0.348. The van der Waals surface area contributed by atoms with E-state index in [4.69, 9.17) is 4.74 Å². The number of methoxy groups -OCH3 is 1. The first-order valence-electron chi connectivity index (χ1n) is 9.95. The average Bonchev–Trinajstić information content (AvgIpc) is 2.76. The topological polar surface area (TPSA) is 79.0 Å².